The number of fused-ring (bicyclic) bond motifs is 1. The number of H-pyrrole nitrogens is 1. The number of benzene rings is 1. The zero-order valence-corrected chi connectivity index (χ0v) is 20.3. The number of guanidine groups is 1. The average Bonchev–Trinajstić information content (AvgIpc) is 3.53. The summed E-state index contributed by atoms with van der Waals surface area (Å²) in [4.78, 5) is 8.16. The van der Waals surface area contributed by atoms with Gasteiger partial charge in [-0.25, -0.2) is 0 Å². The van der Waals surface area contributed by atoms with E-state index in [0.29, 0.717) is 5.92 Å². The second kappa shape index (κ2) is 12.0. The predicted molar refractivity (Wildman–Crippen MR) is 134 cm³/mol. The van der Waals surface area contributed by atoms with Crippen LogP contribution in [0.3, 0.4) is 0 Å². The maximum Gasteiger partial charge on any atom is 0.191 e. The fourth-order valence-corrected chi connectivity index (χ4v) is 3.81. The van der Waals surface area contributed by atoms with E-state index in [-0.39, 0.29) is 24.0 Å². The lowest BCUT2D eigenvalue weighted by Gasteiger charge is -2.14. The first-order chi connectivity index (χ1) is 14.8. The van der Waals surface area contributed by atoms with Crippen molar-refractivity contribution in [2.75, 3.05) is 32.8 Å². The highest BCUT2D eigenvalue weighted by molar-refractivity contribution is 14.0. The Bertz CT molecular complexity index is 962. The molecule has 0 amide bonds. The van der Waals surface area contributed by atoms with Crippen LogP contribution in [0.5, 0.6) is 0 Å². The Morgan fingerprint density at radius 2 is 2.16 bits per heavy atom. The molecule has 1 aliphatic rings. The number of ether oxygens (including phenoxy) is 1. The molecular weight excluding hydrogens is 505 g/mol. The van der Waals surface area contributed by atoms with Gasteiger partial charge in [-0.05, 0) is 24.5 Å². The van der Waals surface area contributed by atoms with Crippen LogP contribution in [-0.4, -0.2) is 58.6 Å². The third-order valence-corrected chi connectivity index (χ3v) is 5.55. The van der Waals surface area contributed by atoms with E-state index in [1.54, 1.807) is 6.33 Å². The third-order valence-electron chi connectivity index (χ3n) is 5.55. The number of aromatic nitrogens is 4. The normalized spacial score (nSPS) is 16.4. The van der Waals surface area contributed by atoms with Gasteiger partial charge in [0.15, 0.2) is 5.96 Å². The molecule has 0 spiro atoms. The zero-order chi connectivity index (χ0) is 20.6. The first-order valence-electron chi connectivity index (χ1n) is 10.8. The van der Waals surface area contributed by atoms with Crippen molar-refractivity contribution in [2.45, 2.75) is 32.7 Å². The zero-order valence-electron chi connectivity index (χ0n) is 18.0. The second-order valence-electron chi connectivity index (χ2n) is 7.68. The van der Waals surface area contributed by atoms with Crippen molar-refractivity contribution in [3.8, 4) is 0 Å². The van der Waals surface area contributed by atoms with Gasteiger partial charge in [0.2, 0.25) is 0 Å². The Morgan fingerprint density at radius 3 is 3.00 bits per heavy atom. The second-order valence-corrected chi connectivity index (χ2v) is 7.68. The number of aliphatic imine (C=N–C) groups is 1. The van der Waals surface area contributed by atoms with Crippen molar-refractivity contribution in [3.05, 3.63) is 48.2 Å². The number of halogens is 1. The minimum absolute atomic E-state index is 0. The average molecular weight is 537 g/mol. The molecule has 1 saturated heterocycles. The maximum absolute atomic E-state index is 5.49. The minimum atomic E-state index is 0. The molecule has 0 aliphatic carbocycles. The lowest BCUT2D eigenvalue weighted by Crippen LogP contribution is -2.40. The number of rotatable bonds is 9. The number of hydrogen-bond donors (Lipinski definition) is 3. The summed E-state index contributed by atoms with van der Waals surface area (Å²) in [5.41, 5.74) is 2.50. The van der Waals surface area contributed by atoms with Crippen LogP contribution in [0, 0.1) is 5.92 Å². The van der Waals surface area contributed by atoms with Crippen molar-refractivity contribution in [3.63, 3.8) is 0 Å². The van der Waals surface area contributed by atoms with Crippen molar-refractivity contribution in [2.24, 2.45) is 10.9 Å². The fraction of sp³-hybridized carbons (Fsp3) is 0.500. The van der Waals surface area contributed by atoms with E-state index in [1.165, 1.54) is 16.5 Å². The molecule has 0 bridgehead atoms. The molecular formula is C22H32IN7O. The summed E-state index contributed by atoms with van der Waals surface area (Å²) < 4.78 is 7.57. The molecule has 1 unspecified atom stereocenters. The Morgan fingerprint density at radius 1 is 1.29 bits per heavy atom. The Hall–Kier alpha value is -2.14. The van der Waals surface area contributed by atoms with Gasteiger partial charge in [-0.1, -0.05) is 25.1 Å². The van der Waals surface area contributed by atoms with Gasteiger partial charge in [0.1, 0.15) is 12.2 Å². The number of aryl methyl sites for hydroxylation is 1. The summed E-state index contributed by atoms with van der Waals surface area (Å²) in [5.74, 6) is 2.38. The number of aromatic amines is 1. The van der Waals surface area contributed by atoms with Gasteiger partial charge in [-0.15, -0.1) is 34.2 Å². The van der Waals surface area contributed by atoms with Gasteiger partial charge < -0.3 is 24.9 Å². The Labute approximate surface area is 200 Å². The molecule has 1 atom stereocenters. The van der Waals surface area contributed by atoms with Gasteiger partial charge in [0.25, 0.3) is 0 Å². The molecule has 2 aromatic heterocycles. The molecule has 3 heterocycles. The highest BCUT2D eigenvalue weighted by atomic mass is 127. The van der Waals surface area contributed by atoms with Gasteiger partial charge >= 0.3 is 0 Å². The molecule has 168 valence electrons. The van der Waals surface area contributed by atoms with E-state index in [1.807, 2.05) is 0 Å². The number of para-hydroxylation sites is 1. The van der Waals surface area contributed by atoms with Crippen molar-refractivity contribution < 1.29 is 4.74 Å². The van der Waals surface area contributed by atoms with Crippen LogP contribution in [0.15, 0.2) is 41.8 Å². The van der Waals surface area contributed by atoms with Crippen LogP contribution >= 0.6 is 24.0 Å². The van der Waals surface area contributed by atoms with Crippen molar-refractivity contribution in [1.82, 2.24) is 30.4 Å². The van der Waals surface area contributed by atoms with Crippen LogP contribution < -0.4 is 10.6 Å². The summed E-state index contributed by atoms with van der Waals surface area (Å²) in [6.07, 6.45) is 6.79. The van der Waals surface area contributed by atoms with Crippen LogP contribution in [0.1, 0.15) is 24.7 Å². The summed E-state index contributed by atoms with van der Waals surface area (Å²) in [6.45, 7) is 6.95. The summed E-state index contributed by atoms with van der Waals surface area (Å²) in [5, 5.41) is 16.4. The lowest BCUT2D eigenvalue weighted by atomic mass is 10.1. The largest absolute Gasteiger partial charge is 0.381 e. The van der Waals surface area contributed by atoms with Crippen LogP contribution in [0.2, 0.25) is 0 Å². The highest BCUT2D eigenvalue weighted by Gasteiger charge is 2.15. The van der Waals surface area contributed by atoms with E-state index in [0.717, 1.165) is 70.4 Å². The first-order valence-corrected chi connectivity index (χ1v) is 10.8. The lowest BCUT2D eigenvalue weighted by molar-refractivity contribution is 0.187. The van der Waals surface area contributed by atoms with Crippen molar-refractivity contribution >= 4 is 40.8 Å². The molecule has 1 fully saturated rings. The molecule has 3 N–H and O–H groups in total. The molecule has 3 aromatic rings. The Balaban J connectivity index is 0.00000272. The van der Waals surface area contributed by atoms with E-state index in [2.05, 4.69) is 67.8 Å². The monoisotopic (exact) mass is 537 g/mol. The van der Waals surface area contributed by atoms with Crippen LogP contribution in [0.4, 0.5) is 0 Å². The van der Waals surface area contributed by atoms with E-state index >= 15 is 0 Å². The molecule has 8 nitrogen and oxygen atoms in total. The highest BCUT2D eigenvalue weighted by Crippen LogP contribution is 2.17. The molecule has 0 radical (unpaired) electrons. The van der Waals surface area contributed by atoms with E-state index < -0.39 is 0 Å². The quantitative estimate of drug-likeness (QED) is 0.222. The van der Waals surface area contributed by atoms with Gasteiger partial charge in [-0.2, -0.15) is 0 Å². The molecule has 1 aromatic carbocycles. The minimum Gasteiger partial charge on any atom is -0.381 e. The van der Waals surface area contributed by atoms with E-state index in [4.69, 9.17) is 9.73 Å². The number of nitrogens with one attached hydrogen (secondary N) is 3. The van der Waals surface area contributed by atoms with Gasteiger partial charge in [-0.3, -0.25) is 4.99 Å². The summed E-state index contributed by atoms with van der Waals surface area (Å²) in [6, 6.07) is 8.42. The molecule has 31 heavy (non-hydrogen) atoms. The number of hydrogen-bond acceptors (Lipinski definition) is 4. The molecule has 9 heteroatoms. The van der Waals surface area contributed by atoms with Crippen LogP contribution in [0.25, 0.3) is 10.9 Å². The maximum atomic E-state index is 5.49. The smallest absolute Gasteiger partial charge is 0.191 e. The van der Waals surface area contributed by atoms with Gasteiger partial charge in [0, 0.05) is 62.2 Å². The fourth-order valence-electron chi connectivity index (χ4n) is 3.81. The first kappa shape index (κ1) is 23.5. The van der Waals surface area contributed by atoms with Crippen molar-refractivity contribution in [1.29, 1.82) is 0 Å². The van der Waals surface area contributed by atoms with E-state index in [9.17, 15) is 0 Å². The molecule has 0 saturated carbocycles. The predicted octanol–water partition coefficient (Wildman–Crippen LogP) is 2.75. The SMILES string of the molecule is CCc1nncn1CCNC(=NCC1CCOC1)NCCc1c[nH]c2ccccc12.I. The summed E-state index contributed by atoms with van der Waals surface area (Å²) >= 11 is 0. The van der Waals surface area contributed by atoms with Gasteiger partial charge in [0.05, 0.1) is 6.61 Å². The van der Waals surface area contributed by atoms with Crippen LogP contribution in [-0.2, 0) is 24.1 Å². The summed E-state index contributed by atoms with van der Waals surface area (Å²) in [7, 11) is 0. The molecule has 4 rings (SSSR count). The standard InChI is InChI=1S/C22H31N7O.HI/c1-2-21-28-27-16-29(21)11-10-24-22(26-13-17-8-12-30-15-17)23-9-7-18-14-25-20-6-4-3-5-19(18)20;/h3-6,14,16-17,25H,2,7-13,15H2,1H3,(H2,23,24,26);1H. The third kappa shape index (κ3) is 6.42. The molecule has 1 aliphatic heterocycles. The Kier molecular flexibility index (Phi) is 9.13. The number of nitrogens with zero attached hydrogens (tertiary/aromatic N) is 4. The topological polar surface area (TPSA) is 92.2 Å².